The molecule has 0 spiro atoms. The summed E-state index contributed by atoms with van der Waals surface area (Å²) < 4.78 is 0. The van der Waals surface area contributed by atoms with Crippen LogP contribution in [0.5, 0.6) is 5.75 Å². The number of aromatic hydroxyl groups is 1. The first kappa shape index (κ1) is 13.5. The van der Waals surface area contributed by atoms with Gasteiger partial charge in [0.2, 0.25) is 5.91 Å². The number of nitrogens with one attached hydrogen (secondary N) is 1. The van der Waals surface area contributed by atoms with Crippen molar-refractivity contribution in [1.29, 1.82) is 0 Å². The number of amides is 1. The van der Waals surface area contributed by atoms with Crippen molar-refractivity contribution in [3.05, 3.63) is 36.4 Å². The van der Waals surface area contributed by atoms with E-state index in [0.717, 1.165) is 0 Å². The Morgan fingerprint density at radius 1 is 1.20 bits per heavy atom. The van der Waals surface area contributed by atoms with E-state index < -0.39 is 0 Å². The standard InChI is InChI=1S/C13H13N5O2/c1-8(19)15-12-7-6-11(13(14)16-12)18-17-9-2-4-10(20)5-3-9/h2-7,20H,1H3,(H3,14,15,16,19). The predicted molar refractivity (Wildman–Crippen MR) is 75.2 cm³/mol. The Morgan fingerprint density at radius 3 is 2.50 bits per heavy atom. The highest BCUT2D eigenvalue weighted by atomic mass is 16.3. The number of carbonyl (C=O) groups is 1. The number of hydrogen-bond acceptors (Lipinski definition) is 6. The van der Waals surface area contributed by atoms with Crippen molar-refractivity contribution in [2.75, 3.05) is 11.1 Å². The van der Waals surface area contributed by atoms with Gasteiger partial charge >= 0.3 is 0 Å². The van der Waals surface area contributed by atoms with E-state index in [1.165, 1.54) is 19.1 Å². The van der Waals surface area contributed by atoms with Crippen LogP contribution in [0.3, 0.4) is 0 Å². The van der Waals surface area contributed by atoms with Crippen LogP contribution in [0.25, 0.3) is 0 Å². The van der Waals surface area contributed by atoms with Crippen molar-refractivity contribution in [3.63, 3.8) is 0 Å². The van der Waals surface area contributed by atoms with Gasteiger partial charge in [0.25, 0.3) is 0 Å². The molecule has 0 bridgehead atoms. The van der Waals surface area contributed by atoms with Crippen molar-refractivity contribution >= 4 is 28.9 Å². The molecule has 0 saturated carbocycles. The topological polar surface area (TPSA) is 113 Å². The lowest BCUT2D eigenvalue weighted by atomic mass is 10.3. The quantitative estimate of drug-likeness (QED) is 0.745. The van der Waals surface area contributed by atoms with Gasteiger partial charge in [-0.2, -0.15) is 5.11 Å². The molecule has 0 radical (unpaired) electrons. The van der Waals surface area contributed by atoms with Crippen LogP contribution in [0.2, 0.25) is 0 Å². The van der Waals surface area contributed by atoms with Crippen LogP contribution in [0.15, 0.2) is 46.6 Å². The minimum atomic E-state index is -0.227. The van der Waals surface area contributed by atoms with Gasteiger partial charge < -0.3 is 16.2 Å². The molecule has 0 fully saturated rings. The molecule has 0 saturated heterocycles. The van der Waals surface area contributed by atoms with Crippen molar-refractivity contribution in [1.82, 2.24) is 4.98 Å². The minimum Gasteiger partial charge on any atom is -0.508 e. The maximum atomic E-state index is 10.9. The summed E-state index contributed by atoms with van der Waals surface area (Å²) in [4.78, 5) is 14.9. The van der Waals surface area contributed by atoms with Gasteiger partial charge in [0.05, 0.1) is 5.69 Å². The number of rotatable bonds is 3. The van der Waals surface area contributed by atoms with Crippen LogP contribution in [0.4, 0.5) is 23.0 Å². The molecule has 1 amide bonds. The lowest BCUT2D eigenvalue weighted by molar-refractivity contribution is -0.114. The zero-order chi connectivity index (χ0) is 14.5. The molecule has 1 heterocycles. The van der Waals surface area contributed by atoms with Crippen LogP contribution in [-0.4, -0.2) is 16.0 Å². The SMILES string of the molecule is CC(=O)Nc1ccc(N=Nc2ccc(O)cc2)c(N)n1. The Bertz CT molecular complexity index is 652. The lowest BCUT2D eigenvalue weighted by Gasteiger charge is -2.03. The fourth-order valence-electron chi connectivity index (χ4n) is 1.43. The van der Waals surface area contributed by atoms with Crippen LogP contribution in [-0.2, 0) is 4.79 Å². The van der Waals surface area contributed by atoms with Gasteiger partial charge in [0.1, 0.15) is 17.3 Å². The highest BCUT2D eigenvalue weighted by Gasteiger charge is 2.03. The summed E-state index contributed by atoms with van der Waals surface area (Å²) in [5.41, 5.74) is 6.70. The van der Waals surface area contributed by atoms with E-state index in [4.69, 9.17) is 10.8 Å². The fraction of sp³-hybridized carbons (Fsp3) is 0.0769. The van der Waals surface area contributed by atoms with Crippen LogP contribution in [0.1, 0.15) is 6.92 Å². The number of phenolic OH excluding ortho intramolecular Hbond substituents is 1. The number of phenols is 1. The number of azo groups is 1. The summed E-state index contributed by atoms with van der Waals surface area (Å²) in [5, 5.41) is 19.6. The Kier molecular flexibility index (Phi) is 3.90. The number of anilines is 2. The van der Waals surface area contributed by atoms with Gasteiger partial charge in [0.15, 0.2) is 5.82 Å². The monoisotopic (exact) mass is 271 g/mol. The molecule has 1 aromatic carbocycles. The molecule has 0 aliphatic rings. The maximum Gasteiger partial charge on any atom is 0.222 e. The van der Waals surface area contributed by atoms with Gasteiger partial charge in [-0.15, -0.1) is 5.11 Å². The van der Waals surface area contributed by atoms with E-state index in [9.17, 15) is 4.79 Å². The second-order valence-corrected chi connectivity index (χ2v) is 4.00. The van der Waals surface area contributed by atoms with E-state index in [0.29, 0.717) is 17.2 Å². The molecule has 7 nitrogen and oxygen atoms in total. The number of pyridine rings is 1. The Hall–Kier alpha value is -2.96. The average molecular weight is 271 g/mol. The Balaban J connectivity index is 2.17. The molecule has 0 aliphatic carbocycles. The van der Waals surface area contributed by atoms with Gasteiger partial charge in [-0.25, -0.2) is 4.98 Å². The zero-order valence-electron chi connectivity index (χ0n) is 10.7. The van der Waals surface area contributed by atoms with Gasteiger partial charge in [-0.3, -0.25) is 4.79 Å². The molecule has 2 rings (SSSR count). The highest BCUT2D eigenvalue weighted by molar-refractivity contribution is 5.88. The molecule has 1 aromatic heterocycles. The van der Waals surface area contributed by atoms with Gasteiger partial charge in [-0.1, -0.05) is 0 Å². The molecule has 102 valence electrons. The molecule has 0 aliphatic heterocycles. The second kappa shape index (κ2) is 5.79. The summed E-state index contributed by atoms with van der Waals surface area (Å²) >= 11 is 0. The number of nitrogens with two attached hydrogens (primary N) is 1. The van der Waals surface area contributed by atoms with Crippen molar-refractivity contribution in [3.8, 4) is 5.75 Å². The summed E-state index contributed by atoms with van der Waals surface area (Å²) in [6.07, 6.45) is 0. The molecule has 0 unspecified atom stereocenters. The number of hydrogen-bond donors (Lipinski definition) is 3. The van der Waals surface area contributed by atoms with Gasteiger partial charge in [-0.05, 0) is 36.4 Å². The first-order valence-corrected chi connectivity index (χ1v) is 5.79. The second-order valence-electron chi connectivity index (χ2n) is 4.00. The molecule has 0 atom stereocenters. The molecule has 4 N–H and O–H groups in total. The first-order valence-electron chi connectivity index (χ1n) is 5.79. The lowest BCUT2D eigenvalue weighted by Crippen LogP contribution is -2.08. The fourth-order valence-corrected chi connectivity index (χ4v) is 1.43. The predicted octanol–water partition coefficient (Wildman–Crippen LogP) is 2.74. The Morgan fingerprint density at radius 2 is 1.90 bits per heavy atom. The smallest absolute Gasteiger partial charge is 0.222 e. The van der Waals surface area contributed by atoms with Crippen molar-refractivity contribution in [2.45, 2.75) is 6.92 Å². The maximum absolute atomic E-state index is 10.9. The first-order chi connectivity index (χ1) is 9.54. The van der Waals surface area contributed by atoms with E-state index in [-0.39, 0.29) is 17.5 Å². The number of nitrogens with zero attached hydrogens (tertiary/aromatic N) is 3. The minimum absolute atomic E-state index is 0.157. The van der Waals surface area contributed by atoms with Crippen LogP contribution >= 0.6 is 0 Å². The molecular formula is C13H13N5O2. The Labute approximate surface area is 115 Å². The van der Waals surface area contributed by atoms with E-state index in [2.05, 4.69) is 20.5 Å². The van der Waals surface area contributed by atoms with E-state index in [1.807, 2.05) is 0 Å². The third kappa shape index (κ3) is 3.52. The van der Waals surface area contributed by atoms with Crippen molar-refractivity contribution < 1.29 is 9.90 Å². The van der Waals surface area contributed by atoms with Crippen molar-refractivity contribution in [2.24, 2.45) is 10.2 Å². The van der Waals surface area contributed by atoms with E-state index in [1.54, 1.807) is 24.3 Å². The number of carbonyl (C=O) groups excluding carboxylic acids is 1. The van der Waals surface area contributed by atoms with Gasteiger partial charge in [0, 0.05) is 6.92 Å². The summed E-state index contributed by atoms with van der Waals surface area (Å²) in [5.74, 6) is 0.456. The zero-order valence-corrected chi connectivity index (χ0v) is 10.7. The third-order valence-corrected chi connectivity index (χ3v) is 2.33. The average Bonchev–Trinajstić information content (AvgIpc) is 2.39. The summed E-state index contributed by atoms with van der Waals surface area (Å²) in [7, 11) is 0. The normalized spacial score (nSPS) is 10.7. The largest absolute Gasteiger partial charge is 0.508 e. The molecule has 2 aromatic rings. The van der Waals surface area contributed by atoms with Crippen LogP contribution in [0, 0.1) is 0 Å². The molecule has 7 heteroatoms. The molecular weight excluding hydrogens is 258 g/mol. The number of benzene rings is 1. The summed E-state index contributed by atoms with van der Waals surface area (Å²) in [6.45, 7) is 1.39. The number of aromatic nitrogens is 1. The number of nitrogen functional groups attached to an aromatic ring is 1. The summed E-state index contributed by atoms with van der Waals surface area (Å²) in [6, 6.07) is 9.45. The van der Waals surface area contributed by atoms with Crippen LogP contribution < -0.4 is 11.1 Å². The highest BCUT2D eigenvalue weighted by Crippen LogP contribution is 2.25. The molecule has 20 heavy (non-hydrogen) atoms. The third-order valence-electron chi connectivity index (χ3n) is 2.33. The van der Waals surface area contributed by atoms with E-state index >= 15 is 0 Å².